The molecule has 1 aromatic carbocycles. The Bertz CT molecular complexity index is 1090. The zero-order valence-corrected chi connectivity index (χ0v) is 17.9. The highest BCUT2D eigenvalue weighted by atomic mass is 32.2. The minimum atomic E-state index is -3.59. The smallest absolute Gasteiger partial charge is 0.256 e. The van der Waals surface area contributed by atoms with Gasteiger partial charge in [-0.1, -0.05) is 13.8 Å². The molecule has 1 aliphatic rings. The van der Waals surface area contributed by atoms with Crippen molar-refractivity contribution in [2.45, 2.75) is 31.2 Å². The summed E-state index contributed by atoms with van der Waals surface area (Å²) in [7, 11) is -6.68. The SMILES string of the molecule is CCN(CC)S(=O)(=O)c1ccc(C(=O)Nc2ccnn2[C@H]2CCS(=O)(=O)C2)cc1. The molecule has 1 amide bonds. The molecule has 1 aromatic heterocycles. The molecule has 0 spiro atoms. The molecule has 1 saturated heterocycles. The number of anilines is 1. The molecule has 2 heterocycles. The molecular weight excluding hydrogens is 416 g/mol. The average Bonchev–Trinajstić information content (AvgIpc) is 3.28. The molecular formula is C18H24N4O5S2. The molecule has 0 unspecified atom stereocenters. The third-order valence-corrected chi connectivity index (χ3v) is 8.74. The average molecular weight is 441 g/mol. The first-order valence-corrected chi connectivity index (χ1v) is 12.6. The third-order valence-electron chi connectivity index (χ3n) is 4.93. The van der Waals surface area contributed by atoms with Crippen LogP contribution in [0.25, 0.3) is 0 Å². The van der Waals surface area contributed by atoms with E-state index in [1.54, 1.807) is 19.9 Å². The quantitative estimate of drug-likeness (QED) is 0.697. The monoisotopic (exact) mass is 440 g/mol. The highest BCUT2D eigenvalue weighted by Gasteiger charge is 2.31. The van der Waals surface area contributed by atoms with Gasteiger partial charge in [0.2, 0.25) is 10.0 Å². The second-order valence-electron chi connectivity index (χ2n) is 6.79. The third kappa shape index (κ3) is 4.51. The number of rotatable bonds is 7. The van der Waals surface area contributed by atoms with Gasteiger partial charge in [0.25, 0.3) is 5.91 Å². The molecule has 1 atom stereocenters. The molecule has 29 heavy (non-hydrogen) atoms. The van der Waals surface area contributed by atoms with Gasteiger partial charge in [-0.15, -0.1) is 0 Å². The number of sulfonamides is 1. The Morgan fingerprint density at radius 3 is 2.41 bits per heavy atom. The molecule has 1 aliphatic heterocycles. The summed E-state index contributed by atoms with van der Waals surface area (Å²) in [5.41, 5.74) is 0.287. The van der Waals surface area contributed by atoms with E-state index in [1.165, 1.54) is 39.4 Å². The van der Waals surface area contributed by atoms with E-state index in [0.717, 1.165) is 0 Å². The van der Waals surface area contributed by atoms with Gasteiger partial charge in [-0.25, -0.2) is 21.5 Å². The van der Waals surface area contributed by atoms with Crippen molar-refractivity contribution in [1.29, 1.82) is 0 Å². The zero-order valence-electron chi connectivity index (χ0n) is 16.3. The predicted molar refractivity (Wildman–Crippen MR) is 109 cm³/mol. The van der Waals surface area contributed by atoms with Gasteiger partial charge in [0.1, 0.15) is 5.82 Å². The van der Waals surface area contributed by atoms with Crippen LogP contribution >= 0.6 is 0 Å². The van der Waals surface area contributed by atoms with E-state index in [0.29, 0.717) is 25.3 Å². The standard InChI is InChI=1S/C18H24N4O5S2/c1-3-21(4-2)29(26,27)16-7-5-14(6-8-16)18(23)20-17-9-11-19-22(17)15-10-12-28(24,25)13-15/h5-9,11,15H,3-4,10,12-13H2,1-2H3,(H,20,23)/t15-/m0/s1. The van der Waals surface area contributed by atoms with Gasteiger partial charge in [0.15, 0.2) is 9.84 Å². The minimum absolute atomic E-state index is 0.00450. The summed E-state index contributed by atoms with van der Waals surface area (Å²) < 4.78 is 51.4. The summed E-state index contributed by atoms with van der Waals surface area (Å²) in [5, 5.41) is 6.87. The molecule has 11 heteroatoms. The van der Waals surface area contributed by atoms with Gasteiger partial charge in [0.05, 0.1) is 28.6 Å². The lowest BCUT2D eigenvalue weighted by atomic mass is 10.2. The molecule has 2 aromatic rings. The van der Waals surface area contributed by atoms with Gasteiger partial charge in [-0.2, -0.15) is 9.40 Å². The van der Waals surface area contributed by atoms with Gasteiger partial charge in [0, 0.05) is 24.7 Å². The summed E-state index contributed by atoms with van der Waals surface area (Å²) in [6, 6.07) is 7.00. The lowest BCUT2D eigenvalue weighted by molar-refractivity contribution is 0.102. The number of carbonyl (C=O) groups is 1. The fourth-order valence-electron chi connectivity index (χ4n) is 3.35. The normalized spacial score (nSPS) is 18.8. The number of hydrogen-bond acceptors (Lipinski definition) is 6. The van der Waals surface area contributed by atoms with Crippen molar-refractivity contribution in [3.8, 4) is 0 Å². The van der Waals surface area contributed by atoms with E-state index in [1.807, 2.05) is 0 Å². The van der Waals surface area contributed by atoms with Crippen LogP contribution in [0.2, 0.25) is 0 Å². The largest absolute Gasteiger partial charge is 0.307 e. The van der Waals surface area contributed by atoms with E-state index >= 15 is 0 Å². The molecule has 9 nitrogen and oxygen atoms in total. The maximum atomic E-state index is 12.6. The fourth-order valence-corrected chi connectivity index (χ4v) is 6.50. The first-order valence-electron chi connectivity index (χ1n) is 9.33. The Morgan fingerprint density at radius 1 is 1.21 bits per heavy atom. The first kappa shape index (κ1) is 21.5. The van der Waals surface area contributed by atoms with Crippen LogP contribution in [-0.2, 0) is 19.9 Å². The second kappa shape index (κ2) is 8.25. The van der Waals surface area contributed by atoms with Crippen LogP contribution in [0.4, 0.5) is 5.82 Å². The number of sulfone groups is 1. The van der Waals surface area contributed by atoms with E-state index in [2.05, 4.69) is 10.4 Å². The van der Waals surface area contributed by atoms with Crippen molar-refractivity contribution in [3.05, 3.63) is 42.1 Å². The van der Waals surface area contributed by atoms with Crippen LogP contribution in [-0.4, -0.2) is 61.4 Å². The molecule has 0 radical (unpaired) electrons. The van der Waals surface area contributed by atoms with Crippen LogP contribution in [0.1, 0.15) is 36.7 Å². The lowest BCUT2D eigenvalue weighted by Gasteiger charge is -2.18. The van der Waals surface area contributed by atoms with Gasteiger partial charge in [-0.05, 0) is 30.7 Å². The predicted octanol–water partition coefficient (Wildman–Crippen LogP) is 1.53. The Kier molecular flexibility index (Phi) is 6.11. The van der Waals surface area contributed by atoms with Crippen molar-refractivity contribution >= 4 is 31.6 Å². The summed E-state index contributed by atoms with van der Waals surface area (Å²) in [4.78, 5) is 12.7. The van der Waals surface area contributed by atoms with Crippen molar-refractivity contribution in [2.75, 3.05) is 29.9 Å². The number of amides is 1. The first-order chi connectivity index (χ1) is 13.7. The number of nitrogens with one attached hydrogen (secondary N) is 1. The molecule has 158 valence electrons. The summed E-state index contributed by atoms with van der Waals surface area (Å²) in [5.74, 6) is 0.0689. The Morgan fingerprint density at radius 2 is 1.86 bits per heavy atom. The van der Waals surface area contributed by atoms with Crippen LogP contribution in [0, 0.1) is 0 Å². The van der Waals surface area contributed by atoms with Gasteiger partial charge >= 0.3 is 0 Å². The highest BCUT2D eigenvalue weighted by Crippen LogP contribution is 2.26. The van der Waals surface area contributed by atoms with Crippen LogP contribution in [0.15, 0.2) is 41.4 Å². The van der Waals surface area contributed by atoms with Crippen LogP contribution in [0.3, 0.4) is 0 Å². The summed E-state index contributed by atoms with van der Waals surface area (Å²) >= 11 is 0. The lowest BCUT2D eigenvalue weighted by Crippen LogP contribution is -2.30. The topological polar surface area (TPSA) is 118 Å². The zero-order chi connectivity index (χ0) is 21.2. The Balaban J connectivity index is 1.75. The minimum Gasteiger partial charge on any atom is -0.307 e. The molecule has 0 bridgehead atoms. The number of benzene rings is 1. The number of hydrogen-bond donors (Lipinski definition) is 1. The van der Waals surface area contributed by atoms with Crippen molar-refractivity contribution in [1.82, 2.24) is 14.1 Å². The van der Waals surface area contributed by atoms with E-state index < -0.39 is 25.8 Å². The maximum absolute atomic E-state index is 12.6. The second-order valence-corrected chi connectivity index (χ2v) is 11.0. The Hall–Kier alpha value is -2.24. The molecule has 1 N–H and O–H groups in total. The fraction of sp³-hybridized carbons (Fsp3) is 0.444. The molecule has 1 fully saturated rings. The van der Waals surface area contributed by atoms with Crippen LogP contribution in [0.5, 0.6) is 0 Å². The van der Waals surface area contributed by atoms with E-state index in [4.69, 9.17) is 0 Å². The van der Waals surface area contributed by atoms with Crippen molar-refractivity contribution < 1.29 is 21.6 Å². The van der Waals surface area contributed by atoms with Gasteiger partial charge in [-0.3, -0.25) is 4.79 Å². The number of nitrogens with zero attached hydrogens (tertiary/aromatic N) is 3. The van der Waals surface area contributed by atoms with Crippen molar-refractivity contribution in [2.24, 2.45) is 0 Å². The van der Waals surface area contributed by atoms with Gasteiger partial charge < -0.3 is 5.32 Å². The Labute approximate surface area is 170 Å². The maximum Gasteiger partial charge on any atom is 0.256 e. The van der Waals surface area contributed by atoms with E-state index in [9.17, 15) is 21.6 Å². The summed E-state index contributed by atoms with van der Waals surface area (Å²) in [6.45, 7) is 4.26. The number of carbonyl (C=O) groups excluding carboxylic acids is 1. The highest BCUT2D eigenvalue weighted by molar-refractivity contribution is 7.91. The number of aromatic nitrogens is 2. The van der Waals surface area contributed by atoms with Crippen LogP contribution < -0.4 is 5.32 Å². The molecule has 3 rings (SSSR count). The van der Waals surface area contributed by atoms with E-state index in [-0.39, 0.29) is 28.0 Å². The van der Waals surface area contributed by atoms with Crippen molar-refractivity contribution in [3.63, 3.8) is 0 Å². The molecule has 0 aliphatic carbocycles. The molecule has 0 saturated carbocycles. The summed E-state index contributed by atoms with van der Waals surface area (Å²) in [6.07, 6.45) is 1.95.